The van der Waals surface area contributed by atoms with Crippen molar-refractivity contribution < 1.29 is 19.1 Å². The van der Waals surface area contributed by atoms with E-state index in [1.54, 1.807) is 29.9 Å². The number of ether oxygens (including phenoxy) is 1. The Kier molecular flexibility index (Phi) is 7.99. The van der Waals surface area contributed by atoms with E-state index in [1.807, 2.05) is 67.5 Å². The van der Waals surface area contributed by atoms with Gasteiger partial charge in [-0.15, -0.1) is 0 Å². The zero-order valence-electron chi connectivity index (χ0n) is 23.3. The number of carbonyl (C=O) groups excluding carboxylic acids is 3. The molecule has 37 heavy (non-hydrogen) atoms. The van der Waals surface area contributed by atoms with E-state index in [4.69, 9.17) is 16.3 Å². The maximum Gasteiger partial charge on any atom is 0.324 e. The lowest BCUT2D eigenvalue weighted by atomic mass is 9.95. The van der Waals surface area contributed by atoms with Gasteiger partial charge in [0.2, 0.25) is 5.91 Å². The molecule has 0 spiro atoms. The van der Waals surface area contributed by atoms with Crippen molar-refractivity contribution in [3.05, 3.63) is 52.2 Å². The van der Waals surface area contributed by atoms with Crippen LogP contribution in [0.2, 0.25) is 0 Å². The third kappa shape index (κ3) is 6.09. The molecule has 0 saturated carbocycles. The van der Waals surface area contributed by atoms with Gasteiger partial charge in [0.15, 0.2) is 0 Å². The number of amides is 3. The molecule has 1 heterocycles. The van der Waals surface area contributed by atoms with Gasteiger partial charge in [0, 0.05) is 32.8 Å². The van der Waals surface area contributed by atoms with E-state index in [2.05, 4.69) is 5.32 Å². The van der Waals surface area contributed by atoms with Crippen LogP contribution in [0.15, 0.2) is 41.0 Å². The second-order valence-electron chi connectivity index (χ2n) is 11.7. The average Bonchev–Trinajstić information content (AvgIpc) is 3.03. The Hall–Kier alpha value is -3.06. The van der Waals surface area contributed by atoms with Gasteiger partial charge in [-0.1, -0.05) is 24.6 Å². The highest BCUT2D eigenvalue weighted by Crippen LogP contribution is 2.34. The smallest absolute Gasteiger partial charge is 0.324 e. The molecular formula is C29H38ClN3O4. The van der Waals surface area contributed by atoms with Gasteiger partial charge in [0.1, 0.15) is 5.75 Å². The number of rotatable bonds is 4. The molecule has 2 aromatic rings. The summed E-state index contributed by atoms with van der Waals surface area (Å²) in [6, 6.07) is 5.01. The number of halogens is 1. The van der Waals surface area contributed by atoms with Crippen molar-refractivity contribution in [1.82, 2.24) is 14.8 Å². The first-order chi connectivity index (χ1) is 17.0. The first kappa shape index (κ1) is 28.5. The molecule has 200 valence electrons. The molecular weight excluding hydrogens is 490 g/mol. The third-order valence-electron chi connectivity index (χ3n) is 6.39. The summed E-state index contributed by atoms with van der Waals surface area (Å²) in [5, 5.41) is 4.36. The standard InChI is InChI=1S/C29H38ClN3O4/c1-17-14-19(10-12-23(17)30)26(35)32-18(2)21(22-15-20(37-9)11-13-24(22)32)16-25(34)33(29(6,7)8)27(36)31-28(3,4)5/h10-13,15,17H,14,16H2,1-9H3,(H,31,36). The van der Waals surface area contributed by atoms with Crippen LogP contribution >= 0.6 is 11.6 Å². The number of allylic oxidation sites excluding steroid dienone is 4. The molecule has 1 aromatic carbocycles. The molecule has 0 aliphatic heterocycles. The molecule has 3 amide bonds. The zero-order valence-corrected chi connectivity index (χ0v) is 24.0. The van der Waals surface area contributed by atoms with Crippen LogP contribution in [-0.2, 0) is 11.2 Å². The third-order valence-corrected chi connectivity index (χ3v) is 6.89. The van der Waals surface area contributed by atoms with Crippen LogP contribution in [0.1, 0.15) is 70.9 Å². The van der Waals surface area contributed by atoms with Crippen molar-refractivity contribution in [2.45, 2.75) is 79.3 Å². The second-order valence-corrected chi connectivity index (χ2v) is 12.1. The van der Waals surface area contributed by atoms with Crippen LogP contribution in [0.5, 0.6) is 5.75 Å². The molecule has 1 N–H and O–H groups in total. The summed E-state index contributed by atoms with van der Waals surface area (Å²) in [4.78, 5) is 41.9. The van der Waals surface area contributed by atoms with Crippen molar-refractivity contribution in [3.63, 3.8) is 0 Å². The molecule has 0 fully saturated rings. The van der Waals surface area contributed by atoms with E-state index in [9.17, 15) is 14.4 Å². The molecule has 0 saturated heterocycles. The molecule has 1 aromatic heterocycles. The molecule has 1 unspecified atom stereocenters. The van der Waals surface area contributed by atoms with Crippen LogP contribution in [0.25, 0.3) is 10.9 Å². The second kappa shape index (κ2) is 10.4. The number of imide groups is 1. The van der Waals surface area contributed by atoms with E-state index in [1.165, 1.54) is 4.90 Å². The highest BCUT2D eigenvalue weighted by molar-refractivity contribution is 6.30. The topological polar surface area (TPSA) is 80.6 Å². The molecule has 3 rings (SSSR count). The minimum atomic E-state index is -0.749. The van der Waals surface area contributed by atoms with Crippen LogP contribution in [0, 0.1) is 12.8 Å². The number of carbonyl (C=O) groups is 3. The normalized spacial score (nSPS) is 16.2. The van der Waals surface area contributed by atoms with Crippen LogP contribution in [-0.4, -0.2) is 45.5 Å². The Morgan fingerprint density at radius 3 is 2.32 bits per heavy atom. The van der Waals surface area contributed by atoms with Crippen LogP contribution in [0.4, 0.5) is 4.79 Å². The van der Waals surface area contributed by atoms with Crippen LogP contribution < -0.4 is 10.1 Å². The van der Waals surface area contributed by atoms with Gasteiger partial charge < -0.3 is 10.1 Å². The average molecular weight is 528 g/mol. The number of benzene rings is 1. The highest BCUT2D eigenvalue weighted by atomic mass is 35.5. The zero-order chi connectivity index (χ0) is 27.9. The van der Waals surface area contributed by atoms with Crippen molar-refractivity contribution in [3.8, 4) is 5.75 Å². The maximum atomic E-state index is 13.7. The minimum Gasteiger partial charge on any atom is -0.497 e. The fourth-order valence-electron chi connectivity index (χ4n) is 4.62. The number of hydrogen-bond acceptors (Lipinski definition) is 4. The Morgan fingerprint density at radius 2 is 1.78 bits per heavy atom. The monoisotopic (exact) mass is 527 g/mol. The lowest BCUT2D eigenvalue weighted by molar-refractivity contribution is -0.131. The van der Waals surface area contributed by atoms with E-state index < -0.39 is 17.1 Å². The molecule has 0 bridgehead atoms. The van der Waals surface area contributed by atoms with Gasteiger partial charge in [0.25, 0.3) is 5.91 Å². The fraction of sp³-hybridized carbons (Fsp3) is 0.483. The number of aromatic nitrogens is 1. The number of hydrogen-bond donors (Lipinski definition) is 1. The van der Waals surface area contributed by atoms with Gasteiger partial charge in [-0.25, -0.2) is 4.79 Å². The predicted molar refractivity (Wildman–Crippen MR) is 148 cm³/mol. The Balaban J connectivity index is 2.11. The predicted octanol–water partition coefficient (Wildman–Crippen LogP) is 6.37. The summed E-state index contributed by atoms with van der Waals surface area (Å²) in [5.74, 6) is 0.156. The van der Waals surface area contributed by atoms with E-state index in [-0.39, 0.29) is 24.2 Å². The quantitative estimate of drug-likeness (QED) is 0.501. The number of nitrogens with one attached hydrogen (secondary N) is 1. The van der Waals surface area contributed by atoms with Crippen molar-refractivity contribution in [1.29, 1.82) is 0 Å². The minimum absolute atomic E-state index is 0.0498. The molecule has 1 aliphatic rings. The SMILES string of the molecule is COc1ccc2c(c1)c(CC(=O)N(C(=O)NC(C)(C)C)C(C)(C)C)c(C)n2C(=O)C1=CC=C(Cl)C(C)C1. The van der Waals surface area contributed by atoms with Crippen molar-refractivity contribution >= 4 is 40.3 Å². The molecule has 7 nitrogen and oxygen atoms in total. The van der Waals surface area contributed by atoms with Crippen molar-refractivity contribution in [2.24, 2.45) is 5.92 Å². The van der Waals surface area contributed by atoms with Gasteiger partial charge in [-0.05, 0) is 90.6 Å². The van der Waals surface area contributed by atoms with E-state index in [0.717, 1.165) is 10.4 Å². The highest BCUT2D eigenvalue weighted by Gasteiger charge is 2.35. The maximum absolute atomic E-state index is 13.7. The van der Waals surface area contributed by atoms with Gasteiger partial charge >= 0.3 is 6.03 Å². The number of fused-ring (bicyclic) bond motifs is 1. The summed E-state index contributed by atoms with van der Waals surface area (Å²) < 4.78 is 7.09. The molecule has 1 aliphatic carbocycles. The van der Waals surface area contributed by atoms with Crippen molar-refractivity contribution in [2.75, 3.05) is 7.11 Å². The largest absolute Gasteiger partial charge is 0.497 e. The lowest BCUT2D eigenvalue weighted by Crippen LogP contribution is -2.57. The van der Waals surface area contributed by atoms with E-state index in [0.29, 0.717) is 34.5 Å². The first-order valence-corrected chi connectivity index (χ1v) is 12.9. The Bertz CT molecular complexity index is 1310. The fourth-order valence-corrected chi connectivity index (χ4v) is 4.76. The summed E-state index contributed by atoms with van der Waals surface area (Å²) in [7, 11) is 1.57. The summed E-state index contributed by atoms with van der Waals surface area (Å²) >= 11 is 6.25. The Morgan fingerprint density at radius 1 is 1.14 bits per heavy atom. The van der Waals surface area contributed by atoms with Gasteiger partial charge in [0.05, 0.1) is 19.0 Å². The summed E-state index contributed by atoms with van der Waals surface area (Å²) in [5.41, 5.74) is 1.41. The number of urea groups is 1. The first-order valence-electron chi connectivity index (χ1n) is 12.5. The summed E-state index contributed by atoms with van der Waals surface area (Å²) in [6.07, 6.45) is 4.02. The van der Waals surface area contributed by atoms with Crippen LogP contribution in [0.3, 0.4) is 0 Å². The van der Waals surface area contributed by atoms with E-state index >= 15 is 0 Å². The molecule has 8 heteroatoms. The van der Waals surface area contributed by atoms with Gasteiger partial charge in [-0.3, -0.25) is 19.1 Å². The Labute approximate surface area is 224 Å². The summed E-state index contributed by atoms with van der Waals surface area (Å²) in [6.45, 7) is 14.9. The number of nitrogens with zero attached hydrogens (tertiary/aromatic N) is 2. The lowest BCUT2D eigenvalue weighted by Gasteiger charge is -2.36. The van der Waals surface area contributed by atoms with Gasteiger partial charge in [-0.2, -0.15) is 0 Å². The molecule has 0 radical (unpaired) electrons. The number of methoxy groups -OCH3 is 1. The molecule has 1 atom stereocenters.